The first kappa shape index (κ1) is 13.0. The Hall–Kier alpha value is -2.47. The Bertz CT molecular complexity index is 873. The van der Waals surface area contributed by atoms with Gasteiger partial charge in [-0.05, 0) is 30.9 Å². The average molecular weight is 306 g/mol. The van der Waals surface area contributed by atoms with Gasteiger partial charge in [0.25, 0.3) is 0 Å². The lowest BCUT2D eigenvalue weighted by Gasteiger charge is -2.40. The molecule has 6 heteroatoms. The maximum Gasteiger partial charge on any atom is 0.168 e. The first-order valence-corrected chi connectivity index (χ1v) is 8.03. The summed E-state index contributed by atoms with van der Waals surface area (Å²) in [6, 6.07) is 10.1. The number of hydrogen-bond acceptors (Lipinski definition) is 5. The van der Waals surface area contributed by atoms with Crippen LogP contribution in [-0.4, -0.2) is 38.4 Å². The molecule has 1 saturated carbocycles. The molecule has 116 valence electrons. The van der Waals surface area contributed by atoms with E-state index in [-0.39, 0.29) is 5.54 Å². The van der Waals surface area contributed by atoms with Gasteiger partial charge in [-0.15, -0.1) is 0 Å². The molecule has 6 nitrogen and oxygen atoms in total. The second-order valence-corrected chi connectivity index (χ2v) is 6.68. The van der Waals surface area contributed by atoms with Crippen LogP contribution in [-0.2, 0) is 0 Å². The third kappa shape index (κ3) is 1.81. The lowest BCUT2D eigenvalue weighted by molar-refractivity contribution is 0.189. The number of aromatic nitrogens is 4. The molecule has 1 aliphatic heterocycles. The van der Waals surface area contributed by atoms with Crippen molar-refractivity contribution in [2.24, 2.45) is 11.7 Å². The number of nitrogens with zero attached hydrogens (tertiary/aromatic N) is 5. The van der Waals surface area contributed by atoms with Gasteiger partial charge in [0.2, 0.25) is 0 Å². The van der Waals surface area contributed by atoms with Gasteiger partial charge in [-0.2, -0.15) is 5.10 Å². The molecule has 0 radical (unpaired) electrons. The highest BCUT2D eigenvalue weighted by Gasteiger charge is 2.50. The van der Waals surface area contributed by atoms with Crippen molar-refractivity contribution < 1.29 is 0 Å². The van der Waals surface area contributed by atoms with Gasteiger partial charge in [0.1, 0.15) is 12.1 Å². The molecule has 0 bridgehead atoms. The van der Waals surface area contributed by atoms with Crippen molar-refractivity contribution in [1.29, 1.82) is 0 Å². The van der Waals surface area contributed by atoms with Crippen LogP contribution in [0.25, 0.3) is 16.7 Å². The third-order valence-corrected chi connectivity index (χ3v) is 5.34. The van der Waals surface area contributed by atoms with Crippen molar-refractivity contribution in [3.63, 3.8) is 0 Å². The zero-order valence-electron chi connectivity index (χ0n) is 12.8. The number of hydrogen-bond donors (Lipinski definition) is 1. The number of benzene rings is 1. The van der Waals surface area contributed by atoms with E-state index in [4.69, 9.17) is 5.73 Å². The Labute approximate surface area is 133 Å². The van der Waals surface area contributed by atoms with Crippen LogP contribution < -0.4 is 10.6 Å². The van der Waals surface area contributed by atoms with Crippen molar-refractivity contribution in [2.45, 2.75) is 18.4 Å². The summed E-state index contributed by atoms with van der Waals surface area (Å²) in [5.41, 5.74) is 8.29. The topological polar surface area (TPSA) is 72.9 Å². The van der Waals surface area contributed by atoms with E-state index in [0.717, 1.165) is 42.0 Å². The van der Waals surface area contributed by atoms with E-state index < -0.39 is 0 Å². The maximum absolute atomic E-state index is 6.47. The minimum atomic E-state index is -0.0211. The second kappa shape index (κ2) is 4.52. The van der Waals surface area contributed by atoms with Crippen LogP contribution in [0.15, 0.2) is 42.9 Å². The molecule has 1 aliphatic carbocycles. The summed E-state index contributed by atoms with van der Waals surface area (Å²) in [5.74, 6) is 1.55. The Morgan fingerprint density at radius 1 is 1.17 bits per heavy atom. The average Bonchev–Trinajstić information content (AvgIpc) is 3.10. The molecule has 0 amide bonds. The molecule has 2 aliphatic rings. The highest BCUT2D eigenvalue weighted by Crippen LogP contribution is 2.44. The molecule has 2 atom stereocenters. The molecule has 23 heavy (non-hydrogen) atoms. The van der Waals surface area contributed by atoms with Crippen molar-refractivity contribution in [3.8, 4) is 5.69 Å². The van der Waals surface area contributed by atoms with E-state index in [1.165, 1.54) is 6.42 Å². The molecule has 1 saturated heterocycles. The van der Waals surface area contributed by atoms with Crippen LogP contribution in [0.1, 0.15) is 12.8 Å². The zero-order chi connectivity index (χ0) is 15.4. The lowest BCUT2D eigenvalue weighted by atomic mass is 9.70. The highest BCUT2D eigenvalue weighted by atomic mass is 15.3. The minimum Gasteiger partial charge on any atom is -0.354 e. The minimum absolute atomic E-state index is 0.0211. The lowest BCUT2D eigenvalue weighted by Crippen LogP contribution is -2.54. The normalized spacial score (nSPS) is 26.3. The molecular formula is C17H18N6. The van der Waals surface area contributed by atoms with Gasteiger partial charge in [-0.25, -0.2) is 14.6 Å². The second-order valence-electron chi connectivity index (χ2n) is 6.68. The van der Waals surface area contributed by atoms with Gasteiger partial charge < -0.3 is 10.6 Å². The summed E-state index contributed by atoms with van der Waals surface area (Å²) >= 11 is 0. The van der Waals surface area contributed by atoms with E-state index in [0.29, 0.717) is 5.92 Å². The Kier molecular flexibility index (Phi) is 2.56. The van der Waals surface area contributed by atoms with Crippen molar-refractivity contribution >= 4 is 16.9 Å². The van der Waals surface area contributed by atoms with Gasteiger partial charge in [0.15, 0.2) is 5.65 Å². The largest absolute Gasteiger partial charge is 0.354 e. The smallest absolute Gasteiger partial charge is 0.168 e. The van der Waals surface area contributed by atoms with Crippen molar-refractivity contribution in [3.05, 3.63) is 42.9 Å². The third-order valence-electron chi connectivity index (χ3n) is 5.34. The van der Waals surface area contributed by atoms with Crippen LogP contribution >= 0.6 is 0 Å². The standard InChI is InChI=1S/C17H18N6/c18-17-7-6-12(17)9-22(10-17)15-14-8-21-23(16(14)20-11-19-15)13-4-2-1-3-5-13/h1-5,8,11-12H,6-7,9-10,18H2/t12-,17-/m0/s1. The summed E-state index contributed by atoms with van der Waals surface area (Å²) in [7, 11) is 0. The molecule has 0 spiro atoms. The van der Waals surface area contributed by atoms with E-state index in [1.807, 2.05) is 41.2 Å². The predicted octanol–water partition coefficient (Wildman–Crippen LogP) is 1.74. The summed E-state index contributed by atoms with van der Waals surface area (Å²) in [6.07, 6.45) is 5.83. The maximum atomic E-state index is 6.47. The van der Waals surface area contributed by atoms with E-state index in [1.54, 1.807) is 6.33 Å². The van der Waals surface area contributed by atoms with E-state index in [9.17, 15) is 0 Å². The number of para-hydroxylation sites is 1. The quantitative estimate of drug-likeness (QED) is 0.781. The van der Waals surface area contributed by atoms with Gasteiger partial charge in [0, 0.05) is 18.6 Å². The summed E-state index contributed by atoms with van der Waals surface area (Å²) in [6.45, 7) is 1.86. The molecule has 3 aromatic rings. The molecule has 2 fully saturated rings. The molecular weight excluding hydrogens is 288 g/mol. The molecule has 1 aromatic carbocycles. The molecule has 5 rings (SSSR count). The van der Waals surface area contributed by atoms with Crippen molar-refractivity contribution in [1.82, 2.24) is 19.7 Å². The van der Waals surface area contributed by atoms with Crippen molar-refractivity contribution in [2.75, 3.05) is 18.0 Å². The van der Waals surface area contributed by atoms with Gasteiger partial charge >= 0.3 is 0 Å². The van der Waals surface area contributed by atoms with Gasteiger partial charge in [0.05, 0.1) is 17.3 Å². The van der Waals surface area contributed by atoms with E-state index in [2.05, 4.69) is 20.0 Å². The Morgan fingerprint density at radius 2 is 2.04 bits per heavy atom. The SMILES string of the molecule is N[C@]12CC[C@H]1CN(c1ncnc3c1cnn3-c1ccccc1)C2. The molecule has 0 unspecified atom stereocenters. The Balaban J connectivity index is 1.60. The summed E-state index contributed by atoms with van der Waals surface area (Å²) < 4.78 is 1.86. The predicted molar refractivity (Wildman–Crippen MR) is 88.5 cm³/mol. The number of nitrogens with two attached hydrogens (primary N) is 1. The zero-order valence-corrected chi connectivity index (χ0v) is 12.8. The molecule has 2 N–H and O–H groups in total. The first-order chi connectivity index (χ1) is 11.2. The summed E-state index contributed by atoms with van der Waals surface area (Å²) in [4.78, 5) is 11.3. The fraction of sp³-hybridized carbons (Fsp3) is 0.353. The van der Waals surface area contributed by atoms with Crippen LogP contribution in [0.2, 0.25) is 0 Å². The monoisotopic (exact) mass is 306 g/mol. The van der Waals surface area contributed by atoms with Gasteiger partial charge in [-0.3, -0.25) is 0 Å². The molecule has 3 heterocycles. The fourth-order valence-corrected chi connectivity index (χ4v) is 3.89. The fourth-order valence-electron chi connectivity index (χ4n) is 3.89. The summed E-state index contributed by atoms with van der Waals surface area (Å²) in [5, 5.41) is 5.51. The van der Waals surface area contributed by atoms with Crippen LogP contribution in [0.4, 0.5) is 5.82 Å². The Morgan fingerprint density at radius 3 is 2.74 bits per heavy atom. The number of rotatable bonds is 2. The highest BCUT2D eigenvalue weighted by molar-refractivity contribution is 5.88. The van der Waals surface area contributed by atoms with E-state index >= 15 is 0 Å². The molecule has 2 aromatic heterocycles. The number of anilines is 1. The van der Waals surface area contributed by atoms with Crippen LogP contribution in [0, 0.1) is 5.92 Å². The number of fused-ring (bicyclic) bond motifs is 2. The van der Waals surface area contributed by atoms with Crippen LogP contribution in [0.3, 0.4) is 0 Å². The first-order valence-electron chi connectivity index (χ1n) is 8.03. The van der Waals surface area contributed by atoms with Gasteiger partial charge in [-0.1, -0.05) is 18.2 Å². The van der Waals surface area contributed by atoms with Crippen LogP contribution in [0.5, 0.6) is 0 Å².